The second kappa shape index (κ2) is 5.51. The number of H-pyrrole nitrogens is 1. The summed E-state index contributed by atoms with van der Waals surface area (Å²) >= 11 is 0. The number of nitrogens with two attached hydrogens (primary N) is 1. The van der Waals surface area contributed by atoms with E-state index in [2.05, 4.69) is 25.3 Å². The van der Waals surface area contributed by atoms with Gasteiger partial charge in [-0.15, -0.1) is 0 Å². The van der Waals surface area contributed by atoms with Crippen LogP contribution in [0.15, 0.2) is 10.9 Å². The Hall–Kier alpha value is -1.80. The molecule has 0 aliphatic heterocycles. The largest absolute Gasteiger partial charge is 0.385 e. The van der Waals surface area contributed by atoms with Crippen molar-refractivity contribution in [1.29, 1.82) is 0 Å². The lowest BCUT2D eigenvalue weighted by atomic mass is 10.2. The van der Waals surface area contributed by atoms with Crippen molar-refractivity contribution in [2.24, 2.45) is 5.73 Å². The van der Waals surface area contributed by atoms with Crippen LogP contribution in [0.5, 0.6) is 0 Å². The summed E-state index contributed by atoms with van der Waals surface area (Å²) in [4.78, 5) is 8.08. The normalized spacial score (nSPS) is 12.8. The summed E-state index contributed by atoms with van der Waals surface area (Å²) < 4.78 is 10.0. The van der Waals surface area contributed by atoms with Gasteiger partial charge in [-0.1, -0.05) is 5.16 Å². The van der Waals surface area contributed by atoms with Crippen LogP contribution < -0.4 is 5.73 Å². The Morgan fingerprint density at radius 3 is 3.18 bits per heavy atom. The molecule has 2 aromatic heterocycles. The fourth-order valence-corrected chi connectivity index (χ4v) is 1.37. The van der Waals surface area contributed by atoms with Gasteiger partial charge in [0.25, 0.3) is 0 Å². The Balaban J connectivity index is 1.98. The van der Waals surface area contributed by atoms with Crippen molar-refractivity contribution in [3.63, 3.8) is 0 Å². The van der Waals surface area contributed by atoms with E-state index in [1.54, 1.807) is 7.11 Å². The molecule has 0 aromatic carbocycles. The molecule has 1 unspecified atom stereocenters. The fourth-order valence-electron chi connectivity index (χ4n) is 1.37. The van der Waals surface area contributed by atoms with Gasteiger partial charge in [0.1, 0.15) is 6.33 Å². The van der Waals surface area contributed by atoms with E-state index in [0.717, 1.165) is 12.8 Å². The van der Waals surface area contributed by atoms with Gasteiger partial charge in [-0.2, -0.15) is 10.1 Å². The van der Waals surface area contributed by atoms with Crippen LogP contribution in [-0.2, 0) is 4.74 Å². The summed E-state index contributed by atoms with van der Waals surface area (Å²) in [5.41, 5.74) is 5.90. The molecule has 0 aliphatic carbocycles. The minimum Gasteiger partial charge on any atom is -0.385 e. The third kappa shape index (κ3) is 2.86. The maximum Gasteiger partial charge on any atom is 0.243 e. The van der Waals surface area contributed by atoms with Crippen molar-refractivity contribution in [2.75, 3.05) is 13.7 Å². The standard InChI is InChI=1S/C9H14N6O2/c1-16-4-2-3-6(10)9-13-8(15-17-9)7-11-5-12-14-7/h5-6H,2-4,10H2,1H3,(H,11,12,14). The third-order valence-corrected chi connectivity index (χ3v) is 2.25. The van der Waals surface area contributed by atoms with Gasteiger partial charge in [-0.25, -0.2) is 4.98 Å². The van der Waals surface area contributed by atoms with Crippen molar-refractivity contribution in [3.8, 4) is 11.6 Å². The Morgan fingerprint density at radius 2 is 2.47 bits per heavy atom. The topological polar surface area (TPSA) is 116 Å². The summed E-state index contributed by atoms with van der Waals surface area (Å²) in [5.74, 6) is 1.22. The number of ether oxygens (including phenoxy) is 1. The minimum absolute atomic E-state index is 0.283. The Morgan fingerprint density at radius 1 is 1.59 bits per heavy atom. The molecule has 2 heterocycles. The lowest BCUT2D eigenvalue weighted by Gasteiger charge is -2.04. The lowest BCUT2D eigenvalue weighted by Crippen LogP contribution is -2.11. The number of hydrogen-bond donors (Lipinski definition) is 2. The van der Waals surface area contributed by atoms with Crippen molar-refractivity contribution >= 4 is 0 Å². The summed E-state index contributed by atoms with van der Waals surface area (Å²) in [6.07, 6.45) is 2.95. The highest BCUT2D eigenvalue weighted by Gasteiger charge is 2.16. The number of nitrogens with zero attached hydrogens (tertiary/aromatic N) is 4. The maximum absolute atomic E-state index is 5.90. The van der Waals surface area contributed by atoms with Crippen LogP contribution in [0.4, 0.5) is 0 Å². The number of methoxy groups -OCH3 is 1. The van der Waals surface area contributed by atoms with E-state index in [9.17, 15) is 0 Å². The maximum atomic E-state index is 5.90. The van der Waals surface area contributed by atoms with E-state index in [1.165, 1.54) is 6.33 Å². The molecule has 0 aliphatic rings. The summed E-state index contributed by atoms with van der Waals surface area (Å²) in [6.45, 7) is 0.663. The van der Waals surface area contributed by atoms with Crippen LogP contribution in [0.3, 0.4) is 0 Å². The van der Waals surface area contributed by atoms with E-state index in [4.69, 9.17) is 15.0 Å². The molecule has 1 atom stereocenters. The highest BCUT2D eigenvalue weighted by Crippen LogP contribution is 2.16. The SMILES string of the molecule is COCCCC(N)c1nc(-c2ncn[nH]2)no1. The van der Waals surface area contributed by atoms with Gasteiger partial charge in [0, 0.05) is 13.7 Å². The molecular weight excluding hydrogens is 224 g/mol. The molecule has 0 fully saturated rings. The Labute approximate surface area is 97.6 Å². The first-order chi connectivity index (χ1) is 8.31. The molecule has 0 saturated carbocycles. The zero-order valence-corrected chi connectivity index (χ0v) is 9.46. The second-order valence-corrected chi connectivity index (χ2v) is 3.53. The van der Waals surface area contributed by atoms with E-state index >= 15 is 0 Å². The molecule has 3 N–H and O–H groups in total. The summed E-state index contributed by atoms with van der Waals surface area (Å²) in [7, 11) is 1.65. The minimum atomic E-state index is -0.283. The first kappa shape index (κ1) is 11.7. The van der Waals surface area contributed by atoms with E-state index < -0.39 is 0 Å². The van der Waals surface area contributed by atoms with Crippen LogP contribution in [-0.4, -0.2) is 39.0 Å². The van der Waals surface area contributed by atoms with Gasteiger partial charge in [0.15, 0.2) is 5.82 Å². The van der Waals surface area contributed by atoms with Gasteiger partial charge in [0.2, 0.25) is 11.7 Å². The molecule has 17 heavy (non-hydrogen) atoms. The monoisotopic (exact) mass is 238 g/mol. The number of nitrogens with one attached hydrogen (secondary N) is 1. The van der Waals surface area contributed by atoms with Crippen molar-refractivity contribution < 1.29 is 9.26 Å². The number of aromatic amines is 1. The Bertz CT molecular complexity index is 440. The number of rotatable bonds is 6. The van der Waals surface area contributed by atoms with Crippen molar-refractivity contribution in [3.05, 3.63) is 12.2 Å². The molecule has 0 amide bonds. The van der Waals surface area contributed by atoms with Gasteiger partial charge in [0.05, 0.1) is 6.04 Å². The molecule has 0 spiro atoms. The van der Waals surface area contributed by atoms with Crippen molar-refractivity contribution in [1.82, 2.24) is 25.3 Å². The average molecular weight is 238 g/mol. The highest BCUT2D eigenvalue weighted by molar-refractivity contribution is 5.39. The molecule has 8 heteroatoms. The predicted octanol–water partition coefficient (Wildman–Crippen LogP) is 0.281. The lowest BCUT2D eigenvalue weighted by molar-refractivity contribution is 0.188. The van der Waals surface area contributed by atoms with Gasteiger partial charge < -0.3 is 15.0 Å². The quantitative estimate of drug-likeness (QED) is 0.694. The molecule has 2 aromatic rings. The Kier molecular flexibility index (Phi) is 3.78. The zero-order chi connectivity index (χ0) is 12.1. The zero-order valence-electron chi connectivity index (χ0n) is 9.46. The highest BCUT2D eigenvalue weighted by atomic mass is 16.5. The van der Waals surface area contributed by atoms with E-state index in [0.29, 0.717) is 24.1 Å². The van der Waals surface area contributed by atoms with E-state index in [-0.39, 0.29) is 6.04 Å². The van der Waals surface area contributed by atoms with Gasteiger partial charge in [-0.3, -0.25) is 5.10 Å². The van der Waals surface area contributed by atoms with E-state index in [1.807, 2.05) is 0 Å². The number of aromatic nitrogens is 5. The third-order valence-electron chi connectivity index (χ3n) is 2.25. The molecule has 2 rings (SSSR count). The summed E-state index contributed by atoms with van der Waals surface area (Å²) in [5, 5.41) is 10.1. The first-order valence-corrected chi connectivity index (χ1v) is 5.25. The summed E-state index contributed by atoms with van der Waals surface area (Å²) in [6, 6.07) is -0.283. The average Bonchev–Trinajstić information content (AvgIpc) is 3.00. The van der Waals surface area contributed by atoms with Crippen LogP contribution in [0, 0.1) is 0 Å². The van der Waals surface area contributed by atoms with Crippen LogP contribution >= 0.6 is 0 Å². The molecule has 0 radical (unpaired) electrons. The number of hydrogen-bond acceptors (Lipinski definition) is 7. The van der Waals surface area contributed by atoms with Crippen LogP contribution in [0.25, 0.3) is 11.6 Å². The fraction of sp³-hybridized carbons (Fsp3) is 0.556. The van der Waals surface area contributed by atoms with Crippen LogP contribution in [0.1, 0.15) is 24.8 Å². The molecule has 0 bridgehead atoms. The predicted molar refractivity (Wildman–Crippen MR) is 57.7 cm³/mol. The van der Waals surface area contributed by atoms with Crippen LogP contribution in [0.2, 0.25) is 0 Å². The van der Waals surface area contributed by atoms with Crippen molar-refractivity contribution in [2.45, 2.75) is 18.9 Å². The van der Waals surface area contributed by atoms with Gasteiger partial charge in [-0.05, 0) is 12.8 Å². The molecule has 92 valence electrons. The molecule has 0 saturated heterocycles. The second-order valence-electron chi connectivity index (χ2n) is 3.53. The smallest absolute Gasteiger partial charge is 0.243 e. The molecular formula is C9H14N6O2. The first-order valence-electron chi connectivity index (χ1n) is 5.25. The molecule has 8 nitrogen and oxygen atoms in total. The van der Waals surface area contributed by atoms with Gasteiger partial charge >= 0.3 is 0 Å².